The van der Waals surface area contributed by atoms with Crippen molar-refractivity contribution in [2.24, 2.45) is 5.73 Å². The highest BCUT2D eigenvalue weighted by molar-refractivity contribution is 6.00. The van der Waals surface area contributed by atoms with Crippen LogP contribution in [-0.4, -0.2) is 186 Å². The standard InChI is InChI=1S/C55H78N10O12/c1-6-7-8-28-77-42-22-18-39(19-23-42)63(5)27-26-62(4)38-16-14-36(15-17-38)49(70)58-43-10-9-25-57-52(73)45-29-37(56)31-64(45)54(75)47(33(2)66)61-51(72)44(24-13-35-11-20-40(68)21-12-35)59-53(74)46-30-41(69)32-65(46)55(76)48(34(3)67)60-50(43)71/h11-12,14-23,33-34,37,41,43-48,66-69H,6-10,13,24-32,56H2,1-5H3,(H,57,73)(H,58,70)(H,59,74)(H,60,71)(H,61,72)/t33?,34?,37-,41+,43-,44?,45?,46?,47?,48?/m0/s1. The van der Waals surface area contributed by atoms with E-state index in [-0.39, 0.29) is 69.5 Å². The van der Waals surface area contributed by atoms with E-state index in [0.717, 1.165) is 41.3 Å². The SMILES string of the molecule is CCCCCOc1ccc(N(C)CCN(C)c2ccc(C(=O)N[C@H]3CCCNC(=O)C4C[C@H](N)CN4C(=O)C(C(C)O)NC(=O)C(CCc4ccc(O)cc4)NC(=O)C4C[C@@H](O)CN4C(=O)C(C(C)O)NC3=O)cc2)cc1. The zero-order valence-electron chi connectivity index (χ0n) is 44.7. The van der Waals surface area contributed by atoms with Crippen molar-refractivity contribution in [2.45, 2.75) is 139 Å². The van der Waals surface area contributed by atoms with Crippen molar-refractivity contribution < 1.29 is 58.7 Å². The van der Waals surface area contributed by atoms with Crippen LogP contribution >= 0.6 is 0 Å². The molecule has 0 aromatic heterocycles. The van der Waals surface area contributed by atoms with Crippen LogP contribution in [0.4, 0.5) is 11.4 Å². The van der Waals surface area contributed by atoms with Crippen LogP contribution in [0.1, 0.15) is 88.1 Å². The van der Waals surface area contributed by atoms with Crippen LogP contribution in [0.5, 0.6) is 11.5 Å². The maximum absolute atomic E-state index is 14.4. The van der Waals surface area contributed by atoms with E-state index in [9.17, 15) is 54.0 Å². The molecular formula is C55H78N10O12. The number of anilines is 2. The van der Waals surface area contributed by atoms with E-state index < -0.39 is 102 Å². The van der Waals surface area contributed by atoms with Crippen molar-refractivity contribution in [3.63, 3.8) is 0 Å². The number of ether oxygens (including phenoxy) is 1. The number of likely N-dealkylation sites (N-methyl/N-ethyl adjacent to an activating group) is 2. The number of fused-ring (bicyclic) bond motifs is 2. The van der Waals surface area contributed by atoms with Crippen molar-refractivity contribution in [2.75, 3.05) is 63.2 Å². The molecule has 77 heavy (non-hydrogen) atoms. The number of nitrogens with zero attached hydrogens (tertiary/aromatic N) is 4. The van der Waals surface area contributed by atoms with Crippen LogP contribution in [0.25, 0.3) is 0 Å². The van der Waals surface area contributed by atoms with E-state index in [1.807, 2.05) is 43.3 Å². The first-order chi connectivity index (χ1) is 36.7. The lowest BCUT2D eigenvalue weighted by Gasteiger charge is -2.32. The Bertz CT molecular complexity index is 2480. The molecule has 420 valence electrons. The van der Waals surface area contributed by atoms with Gasteiger partial charge in [0.1, 0.15) is 47.8 Å². The molecule has 3 aromatic carbocycles. The fraction of sp³-hybridized carbons (Fsp3) is 0.545. The van der Waals surface area contributed by atoms with Gasteiger partial charge < -0.3 is 77.1 Å². The first kappa shape index (κ1) is 59.2. The zero-order valence-corrected chi connectivity index (χ0v) is 44.7. The molecule has 0 radical (unpaired) electrons. The third kappa shape index (κ3) is 16.3. The van der Waals surface area contributed by atoms with Crippen molar-refractivity contribution in [1.82, 2.24) is 36.4 Å². The zero-order chi connectivity index (χ0) is 55.9. The van der Waals surface area contributed by atoms with Gasteiger partial charge in [0.2, 0.25) is 35.4 Å². The topological polar surface area (TPSA) is 309 Å². The number of carbonyl (C=O) groups excluding carboxylic acids is 7. The maximum atomic E-state index is 14.4. The molecule has 10 atom stereocenters. The average Bonchev–Trinajstić information content (AvgIpc) is 4.02. The minimum atomic E-state index is -1.68. The first-order valence-electron chi connectivity index (χ1n) is 26.7. The van der Waals surface area contributed by atoms with Crippen LogP contribution in [0.2, 0.25) is 0 Å². The minimum absolute atomic E-state index is 0.00380. The molecule has 7 unspecified atom stereocenters. The number of aryl methyl sites for hydroxylation is 1. The summed E-state index contributed by atoms with van der Waals surface area (Å²) >= 11 is 0. The Kier molecular flexibility index (Phi) is 21.4. The van der Waals surface area contributed by atoms with Crippen LogP contribution < -0.4 is 46.9 Å². The summed E-state index contributed by atoms with van der Waals surface area (Å²) in [6.45, 7) is 6.22. The van der Waals surface area contributed by atoms with Gasteiger partial charge in [-0.3, -0.25) is 33.6 Å². The molecule has 3 aliphatic rings. The number of amides is 7. The molecule has 6 rings (SSSR count). The number of carbonyl (C=O) groups is 7. The molecule has 0 aliphatic carbocycles. The summed E-state index contributed by atoms with van der Waals surface area (Å²) in [5, 5.41) is 56.0. The van der Waals surface area contributed by atoms with Crippen LogP contribution in [0, 0.1) is 0 Å². The van der Waals surface area contributed by atoms with Gasteiger partial charge in [0.05, 0.1) is 24.9 Å². The maximum Gasteiger partial charge on any atom is 0.251 e. The van der Waals surface area contributed by atoms with Crippen LogP contribution in [-0.2, 0) is 35.2 Å². The number of aliphatic hydroxyl groups excluding tert-OH is 3. The molecular weight excluding hydrogens is 993 g/mol. The number of hydrogen-bond donors (Lipinski definition) is 10. The molecule has 3 fully saturated rings. The number of hydrogen-bond acceptors (Lipinski definition) is 15. The predicted octanol–water partition coefficient (Wildman–Crippen LogP) is 0.281. The molecule has 0 saturated carbocycles. The fourth-order valence-electron chi connectivity index (χ4n) is 9.73. The Morgan fingerprint density at radius 2 is 1.32 bits per heavy atom. The highest BCUT2D eigenvalue weighted by Gasteiger charge is 2.46. The molecule has 3 aromatic rings. The summed E-state index contributed by atoms with van der Waals surface area (Å²) in [6, 6.07) is 11.7. The van der Waals surface area contributed by atoms with Gasteiger partial charge in [-0.15, -0.1) is 0 Å². The Labute approximate surface area is 450 Å². The largest absolute Gasteiger partial charge is 0.508 e. The summed E-state index contributed by atoms with van der Waals surface area (Å²) in [5.74, 6) is -4.73. The summed E-state index contributed by atoms with van der Waals surface area (Å²) in [5.41, 5.74) is 9.03. The number of benzene rings is 3. The van der Waals surface area contributed by atoms with Crippen LogP contribution in [0.15, 0.2) is 72.8 Å². The molecule has 22 heteroatoms. The van der Waals surface area contributed by atoms with Crippen molar-refractivity contribution >= 4 is 52.7 Å². The van der Waals surface area contributed by atoms with E-state index >= 15 is 0 Å². The molecule has 0 spiro atoms. The molecule has 0 bridgehead atoms. The van der Waals surface area contributed by atoms with Gasteiger partial charge in [-0.05, 0) is 119 Å². The Hall–Kier alpha value is -7.01. The summed E-state index contributed by atoms with van der Waals surface area (Å²) in [7, 11) is 3.94. The second-order valence-electron chi connectivity index (χ2n) is 20.5. The smallest absolute Gasteiger partial charge is 0.251 e. The van der Waals surface area contributed by atoms with E-state index in [1.165, 1.54) is 30.9 Å². The van der Waals surface area contributed by atoms with Crippen molar-refractivity contribution in [3.05, 3.63) is 83.9 Å². The van der Waals surface area contributed by atoms with Gasteiger partial charge in [-0.25, -0.2) is 0 Å². The van der Waals surface area contributed by atoms with Crippen molar-refractivity contribution in [1.29, 1.82) is 0 Å². The van der Waals surface area contributed by atoms with Gasteiger partial charge in [0.15, 0.2) is 0 Å². The number of phenols is 1. The number of phenolic OH excluding ortho intramolecular Hbond substituents is 1. The summed E-state index contributed by atoms with van der Waals surface area (Å²) in [6.07, 6.45) is -1.09. The number of rotatable bonds is 17. The van der Waals surface area contributed by atoms with Crippen molar-refractivity contribution in [3.8, 4) is 11.5 Å². The summed E-state index contributed by atoms with van der Waals surface area (Å²) in [4.78, 5) is 106. The highest BCUT2D eigenvalue weighted by Crippen LogP contribution is 2.24. The number of unbranched alkanes of at least 4 members (excludes halogenated alkanes) is 2. The van der Waals surface area contributed by atoms with Gasteiger partial charge in [0, 0.05) is 76.2 Å². The first-order valence-corrected chi connectivity index (χ1v) is 26.7. The molecule has 7 amide bonds. The third-order valence-corrected chi connectivity index (χ3v) is 14.4. The predicted molar refractivity (Wildman–Crippen MR) is 288 cm³/mol. The third-order valence-electron chi connectivity index (χ3n) is 14.4. The van der Waals surface area contributed by atoms with E-state index in [1.54, 1.807) is 36.4 Å². The lowest BCUT2D eigenvalue weighted by atomic mass is 10.0. The Morgan fingerprint density at radius 3 is 1.92 bits per heavy atom. The fourth-order valence-corrected chi connectivity index (χ4v) is 9.73. The lowest BCUT2D eigenvalue weighted by Crippen LogP contribution is -2.61. The highest BCUT2D eigenvalue weighted by atomic mass is 16.5. The minimum Gasteiger partial charge on any atom is -0.508 e. The Morgan fingerprint density at radius 1 is 0.753 bits per heavy atom. The van der Waals surface area contributed by atoms with E-state index in [4.69, 9.17) is 10.5 Å². The summed E-state index contributed by atoms with van der Waals surface area (Å²) < 4.78 is 5.86. The normalized spacial score (nSPS) is 24.7. The number of aromatic hydroxyl groups is 1. The molecule has 11 N–H and O–H groups in total. The van der Waals surface area contributed by atoms with Gasteiger partial charge in [0.25, 0.3) is 5.91 Å². The van der Waals surface area contributed by atoms with Gasteiger partial charge in [-0.2, -0.15) is 0 Å². The number of nitrogens with one attached hydrogen (secondary N) is 5. The monoisotopic (exact) mass is 1070 g/mol. The quantitative estimate of drug-likeness (QED) is 0.0813. The lowest BCUT2D eigenvalue weighted by molar-refractivity contribution is -0.145. The average molecular weight is 1070 g/mol. The Balaban J connectivity index is 1.20. The second kappa shape index (κ2) is 27.9. The molecule has 22 nitrogen and oxygen atoms in total. The number of nitrogens with two attached hydrogens (primary N) is 1. The van der Waals surface area contributed by atoms with E-state index in [0.29, 0.717) is 25.3 Å². The second-order valence-corrected chi connectivity index (χ2v) is 20.5. The van der Waals surface area contributed by atoms with Crippen LogP contribution in [0.3, 0.4) is 0 Å². The van der Waals surface area contributed by atoms with Gasteiger partial charge in [-0.1, -0.05) is 31.9 Å². The molecule has 3 aliphatic heterocycles. The molecule has 3 saturated heterocycles. The number of aliphatic hydroxyl groups is 3. The molecule has 3 heterocycles. The van der Waals surface area contributed by atoms with E-state index in [2.05, 4.69) is 38.4 Å². The van der Waals surface area contributed by atoms with Gasteiger partial charge >= 0.3 is 0 Å².